The minimum absolute atomic E-state index is 0.299. The van der Waals surface area contributed by atoms with Crippen LogP contribution in [0.25, 0.3) is 22.3 Å². The van der Waals surface area contributed by atoms with Crippen LogP contribution in [0, 0.1) is 5.82 Å². The molecule has 1 saturated carbocycles. The average Bonchev–Trinajstić information content (AvgIpc) is 3.48. The van der Waals surface area contributed by atoms with Crippen LogP contribution < -0.4 is 10.0 Å². The number of sulfonamides is 1. The molecule has 3 aromatic rings. The van der Waals surface area contributed by atoms with Gasteiger partial charge < -0.3 is 14.6 Å². The zero-order chi connectivity index (χ0) is 20.9. The molecule has 156 valence electrons. The van der Waals surface area contributed by atoms with E-state index < -0.39 is 10.0 Å². The van der Waals surface area contributed by atoms with Crippen molar-refractivity contribution >= 4 is 32.5 Å². The number of oxime groups is 1. The lowest BCUT2D eigenvalue weighted by atomic mass is 10.0. The SMILES string of the molecule is CS(=O)(=O)Nc1cc2oc(-c3ccc(F)cc3)c(C3=NOCCN3)c2cc1C1CC1. The van der Waals surface area contributed by atoms with Crippen LogP contribution in [0.4, 0.5) is 10.1 Å². The molecule has 0 unspecified atom stereocenters. The maximum Gasteiger partial charge on any atom is 0.229 e. The van der Waals surface area contributed by atoms with E-state index in [0.29, 0.717) is 53.1 Å². The summed E-state index contributed by atoms with van der Waals surface area (Å²) >= 11 is 0. The summed E-state index contributed by atoms with van der Waals surface area (Å²) < 4.78 is 46.0. The van der Waals surface area contributed by atoms with Gasteiger partial charge in [0.1, 0.15) is 23.8 Å². The molecule has 0 amide bonds. The number of nitrogens with one attached hydrogen (secondary N) is 2. The molecule has 2 N–H and O–H groups in total. The van der Waals surface area contributed by atoms with Gasteiger partial charge in [-0.1, -0.05) is 5.16 Å². The Hall–Kier alpha value is -3.07. The summed E-state index contributed by atoms with van der Waals surface area (Å²) in [7, 11) is -3.44. The normalized spacial score (nSPS) is 16.7. The molecule has 1 aromatic heterocycles. The number of furan rings is 1. The Labute approximate surface area is 172 Å². The smallest absolute Gasteiger partial charge is 0.229 e. The third kappa shape index (κ3) is 3.60. The summed E-state index contributed by atoms with van der Waals surface area (Å²) in [6.07, 6.45) is 3.14. The number of amidine groups is 1. The number of rotatable bonds is 5. The van der Waals surface area contributed by atoms with Crippen LogP contribution in [0.1, 0.15) is 29.9 Å². The van der Waals surface area contributed by atoms with Crippen molar-refractivity contribution in [1.82, 2.24) is 5.32 Å². The molecule has 0 spiro atoms. The van der Waals surface area contributed by atoms with Crippen LogP contribution in [-0.2, 0) is 14.9 Å². The Balaban J connectivity index is 1.76. The van der Waals surface area contributed by atoms with E-state index in [4.69, 9.17) is 9.25 Å². The molecular weight excluding hydrogens is 409 g/mol. The molecule has 1 aliphatic heterocycles. The van der Waals surface area contributed by atoms with Gasteiger partial charge >= 0.3 is 0 Å². The predicted molar refractivity (Wildman–Crippen MR) is 113 cm³/mol. The van der Waals surface area contributed by atoms with Gasteiger partial charge in [0.2, 0.25) is 10.0 Å². The second-order valence-corrected chi connectivity index (χ2v) is 9.35. The number of hydrogen-bond acceptors (Lipinski definition) is 6. The van der Waals surface area contributed by atoms with Gasteiger partial charge in [-0.05, 0) is 54.7 Å². The van der Waals surface area contributed by atoms with Crippen molar-refractivity contribution in [1.29, 1.82) is 0 Å². The molecular formula is C21H20FN3O4S. The van der Waals surface area contributed by atoms with E-state index in [1.165, 1.54) is 12.1 Å². The highest BCUT2D eigenvalue weighted by molar-refractivity contribution is 7.92. The molecule has 5 rings (SSSR count). The van der Waals surface area contributed by atoms with E-state index >= 15 is 0 Å². The van der Waals surface area contributed by atoms with Crippen molar-refractivity contribution < 1.29 is 22.1 Å². The van der Waals surface area contributed by atoms with Crippen molar-refractivity contribution in [2.45, 2.75) is 18.8 Å². The first-order valence-corrected chi connectivity index (χ1v) is 11.6. The monoisotopic (exact) mass is 429 g/mol. The molecule has 9 heteroatoms. The van der Waals surface area contributed by atoms with Gasteiger partial charge in [-0.2, -0.15) is 0 Å². The van der Waals surface area contributed by atoms with Crippen LogP contribution in [-0.4, -0.2) is 33.7 Å². The molecule has 1 aliphatic carbocycles. The standard InChI is InChI=1S/C21H20FN3O4S/c1-30(26,27)25-17-11-18-16(10-15(17)12-2-3-12)19(21-23-8-9-28-24-21)20(29-18)13-4-6-14(22)7-5-13/h4-7,10-12,25H,2-3,8-9H2,1H3,(H,23,24). The minimum atomic E-state index is -3.44. The molecule has 0 atom stereocenters. The van der Waals surface area contributed by atoms with E-state index in [1.54, 1.807) is 18.2 Å². The van der Waals surface area contributed by atoms with Crippen molar-refractivity contribution in [3.8, 4) is 11.3 Å². The third-order valence-electron chi connectivity index (χ3n) is 5.16. The highest BCUT2D eigenvalue weighted by Gasteiger charge is 2.30. The molecule has 0 saturated heterocycles. The Kier molecular flexibility index (Phi) is 4.43. The van der Waals surface area contributed by atoms with Crippen LogP contribution >= 0.6 is 0 Å². The summed E-state index contributed by atoms with van der Waals surface area (Å²) in [5.41, 5.74) is 3.36. The van der Waals surface area contributed by atoms with Crippen molar-refractivity contribution in [2.75, 3.05) is 24.1 Å². The quantitative estimate of drug-likeness (QED) is 0.644. The van der Waals surface area contributed by atoms with Gasteiger partial charge in [-0.15, -0.1) is 0 Å². The van der Waals surface area contributed by atoms with Crippen LogP contribution in [0.15, 0.2) is 46.0 Å². The van der Waals surface area contributed by atoms with Gasteiger partial charge in [0.25, 0.3) is 0 Å². The van der Waals surface area contributed by atoms with Gasteiger partial charge in [0.15, 0.2) is 5.84 Å². The highest BCUT2D eigenvalue weighted by Crippen LogP contribution is 2.46. The molecule has 0 bridgehead atoms. The molecule has 30 heavy (non-hydrogen) atoms. The number of fused-ring (bicyclic) bond motifs is 1. The average molecular weight is 429 g/mol. The molecule has 0 radical (unpaired) electrons. The van der Waals surface area contributed by atoms with Crippen molar-refractivity contribution in [3.05, 3.63) is 53.3 Å². The Morgan fingerprint density at radius 2 is 1.97 bits per heavy atom. The summed E-state index contributed by atoms with van der Waals surface area (Å²) in [5.74, 6) is 1.00. The summed E-state index contributed by atoms with van der Waals surface area (Å²) in [5, 5.41) is 8.19. The number of hydrogen-bond donors (Lipinski definition) is 2. The van der Waals surface area contributed by atoms with E-state index in [2.05, 4.69) is 15.2 Å². The first-order valence-electron chi connectivity index (χ1n) is 9.67. The fourth-order valence-corrected chi connectivity index (χ4v) is 4.29. The molecule has 1 fully saturated rings. The Morgan fingerprint density at radius 1 is 1.20 bits per heavy atom. The molecule has 7 nitrogen and oxygen atoms in total. The van der Waals surface area contributed by atoms with Crippen LogP contribution in [0.3, 0.4) is 0 Å². The van der Waals surface area contributed by atoms with Gasteiger partial charge in [0.05, 0.1) is 24.1 Å². The zero-order valence-electron chi connectivity index (χ0n) is 16.2. The number of nitrogens with zero attached hydrogens (tertiary/aromatic N) is 1. The predicted octanol–water partition coefficient (Wildman–Crippen LogP) is 3.77. The summed E-state index contributed by atoms with van der Waals surface area (Å²) in [6, 6.07) is 9.68. The molecule has 2 aliphatic rings. The lowest BCUT2D eigenvalue weighted by Crippen LogP contribution is -2.32. The second kappa shape index (κ2) is 7.02. The number of halogens is 1. The van der Waals surface area contributed by atoms with Gasteiger partial charge in [-0.3, -0.25) is 4.72 Å². The van der Waals surface area contributed by atoms with Crippen molar-refractivity contribution in [2.24, 2.45) is 5.16 Å². The second-order valence-electron chi connectivity index (χ2n) is 7.60. The minimum Gasteiger partial charge on any atom is -0.455 e. The van der Waals surface area contributed by atoms with Gasteiger partial charge in [0, 0.05) is 17.0 Å². The lowest BCUT2D eigenvalue weighted by molar-refractivity contribution is 0.136. The van der Waals surface area contributed by atoms with E-state index in [9.17, 15) is 12.8 Å². The van der Waals surface area contributed by atoms with E-state index in [0.717, 1.165) is 30.0 Å². The van der Waals surface area contributed by atoms with E-state index in [-0.39, 0.29) is 5.82 Å². The Bertz CT molecular complexity index is 1260. The lowest BCUT2D eigenvalue weighted by Gasteiger charge is -2.15. The first-order chi connectivity index (χ1) is 14.4. The van der Waals surface area contributed by atoms with Crippen LogP contribution in [0.2, 0.25) is 0 Å². The number of anilines is 1. The number of benzene rings is 2. The summed E-state index contributed by atoms with van der Waals surface area (Å²) in [6.45, 7) is 1.05. The topological polar surface area (TPSA) is 92.9 Å². The van der Waals surface area contributed by atoms with Crippen molar-refractivity contribution in [3.63, 3.8) is 0 Å². The zero-order valence-corrected chi connectivity index (χ0v) is 17.1. The molecule has 2 aromatic carbocycles. The fraction of sp³-hybridized carbons (Fsp3) is 0.286. The maximum atomic E-state index is 13.5. The fourth-order valence-electron chi connectivity index (χ4n) is 3.71. The maximum absolute atomic E-state index is 13.5. The third-order valence-corrected chi connectivity index (χ3v) is 5.75. The first kappa shape index (κ1) is 18.9. The largest absolute Gasteiger partial charge is 0.455 e. The van der Waals surface area contributed by atoms with E-state index in [1.807, 2.05) is 6.07 Å². The summed E-state index contributed by atoms with van der Waals surface area (Å²) in [4.78, 5) is 5.28. The molecule has 2 heterocycles. The van der Waals surface area contributed by atoms with Gasteiger partial charge in [-0.25, -0.2) is 12.8 Å². The van der Waals surface area contributed by atoms with Crippen LogP contribution in [0.5, 0.6) is 0 Å². The highest BCUT2D eigenvalue weighted by atomic mass is 32.2. The Morgan fingerprint density at radius 3 is 2.60 bits per heavy atom.